The van der Waals surface area contributed by atoms with Crippen LogP contribution in [0.4, 0.5) is 0 Å². The largest absolute Gasteiger partial charge is 0.212 e. The van der Waals surface area contributed by atoms with Crippen molar-refractivity contribution in [3.05, 3.63) is 21.9 Å². The maximum Gasteiger partial charge on any atom is 0.211 e. The first-order valence-corrected chi connectivity index (χ1v) is 6.98. The minimum atomic E-state index is -3.10. The molecule has 1 heterocycles. The number of thiophene rings is 1. The van der Waals surface area contributed by atoms with Crippen molar-refractivity contribution in [3.63, 3.8) is 0 Å². The Morgan fingerprint density at radius 1 is 1.50 bits per heavy atom. The summed E-state index contributed by atoms with van der Waals surface area (Å²) in [6.07, 6.45) is 0. The van der Waals surface area contributed by atoms with Crippen LogP contribution in [-0.4, -0.2) is 14.2 Å². The van der Waals surface area contributed by atoms with E-state index in [0.717, 1.165) is 4.88 Å². The molecule has 1 aromatic heterocycles. The summed E-state index contributed by atoms with van der Waals surface area (Å²) in [6, 6.07) is 3.83. The van der Waals surface area contributed by atoms with E-state index in [1.54, 1.807) is 18.3 Å². The molecule has 1 rings (SSSR count). The van der Waals surface area contributed by atoms with Crippen LogP contribution < -0.4 is 4.72 Å². The lowest BCUT2D eigenvalue weighted by molar-refractivity contribution is 0.570. The van der Waals surface area contributed by atoms with Gasteiger partial charge in [-0.3, -0.25) is 0 Å². The normalized spacial score (nSPS) is 14.2. The second kappa shape index (κ2) is 4.42. The van der Waals surface area contributed by atoms with Crippen molar-refractivity contribution in [2.24, 2.45) is 0 Å². The quantitative estimate of drug-likeness (QED) is 0.865. The van der Waals surface area contributed by atoms with Gasteiger partial charge in [0.15, 0.2) is 0 Å². The molecule has 1 N–H and O–H groups in total. The van der Waals surface area contributed by atoms with Crippen LogP contribution in [0.5, 0.6) is 0 Å². The lowest BCUT2D eigenvalue weighted by Gasteiger charge is -2.10. The number of rotatable bonds is 4. The molecule has 1 atom stereocenters. The summed E-state index contributed by atoms with van der Waals surface area (Å²) in [5, 5.41) is 0. The second-order valence-corrected chi connectivity index (χ2v) is 6.55. The third-order valence-corrected chi connectivity index (χ3v) is 4.58. The van der Waals surface area contributed by atoms with Gasteiger partial charge in [0.2, 0.25) is 10.0 Å². The van der Waals surface area contributed by atoms with Gasteiger partial charge in [-0.25, -0.2) is 13.1 Å². The summed E-state index contributed by atoms with van der Waals surface area (Å²) in [5.74, 6) is 0.127. The molecule has 1 unspecified atom stereocenters. The number of hydrogen-bond acceptors (Lipinski definition) is 3. The molecular weight excluding hydrogens is 218 g/mol. The fraction of sp³-hybridized carbons (Fsp3) is 0.556. The third-order valence-electron chi connectivity index (χ3n) is 1.92. The van der Waals surface area contributed by atoms with E-state index in [4.69, 9.17) is 0 Å². The Bertz CT molecular complexity index is 395. The van der Waals surface area contributed by atoms with Gasteiger partial charge in [0, 0.05) is 9.75 Å². The van der Waals surface area contributed by atoms with Gasteiger partial charge < -0.3 is 0 Å². The highest BCUT2D eigenvalue weighted by molar-refractivity contribution is 7.89. The highest BCUT2D eigenvalue weighted by atomic mass is 32.2. The van der Waals surface area contributed by atoms with Gasteiger partial charge in [0.1, 0.15) is 0 Å². The van der Waals surface area contributed by atoms with Gasteiger partial charge in [0.25, 0.3) is 0 Å². The average Bonchev–Trinajstić information content (AvgIpc) is 2.51. The molecule has 0 radical (unpaired) electrons. The van der Waals surface area contributed by atoms with Crippen molar-refractivity contribution in [3.8, 4) is 0 Å². The van der Waals surface area contributed by atoms with Gasteiger partial charge in [-0.2, -0.15) is 0 Å². The number of hydrogen-bond donors (Lipinski definition) is 1. The van der Waals surface area contributed by atoms with Crippen LogP contribution in [-0.2, 0) is 10.0 Å². The molecule has 0 aromatic carbocycles. The van der Waals surface area contributed by atoms with Gasteiger partial charge in [-0.1, -0.05) is 0 Å². The number of nitrogens with one attached hydrogen (secondary N) is 1. The summed E-state index contributed by atoms with van der Waals surface area (Å²) >= 11 is 1.62. The summed E-state index contributed by atoms with van der Waals surface area (Å²) in [4.78, 5) is 2.25. The number of aryl methyl sites for hydroxylation is 1. The Kier molecular flexibility index (Phi) is 3.69. The summed E-state index contributed by atoms with van der Waals surface area (Å²) < 4.78 is 25.2. The predicted molar refractivity (Wildman–Crippen MR) is 60.1 cm³/mol. The van der Waals surface area contributed by atoms with E-state index >= 15 is 0 Å². The molecule has 14 heavy (non-hydrogen) atoms. The summed E-state index contributed by atoms with van der Waals surface area (Å²) in [5.41, 5.74) is 0. The molecule has 0 aliphatic heterocycles. The van der Waals surface area contributed by atoms with Crippen molar-refractivity contribution >= 4 is 21.4 Å². The zero-order valence-corrected chi connectivity index (χ0v) is 10.2. The Balaban J connectivity index is 2.73. The van der Waals surface area contributed by atoms with Crippen LogP contribution in [0.2, 0.25) is 0 Å². The average molecular weight is 233 g/mol. The Morgan fingerprint density at radius 2 is 2.14 bits per heavy atom. The highest BCUT2D eigenvalue weighted by Gasteiger charge is 2.14. The topological polar surface area (TPSA) is 46.2 Å². The van der Waals surface area contributed by atoms with E-state index in [2.05, 4.69) is 4.72 Å². The highest BCUT2D eigenvalue weighted by Crippen LogP contribution is 2.22. The molecule has 0 bridgehead atoms. The third kappa shape index (κ3) is 3.08. The van der Waals surface area contributed by atoms with Gasteiger partial charge in [0.05, 0.1) is 11.8 Å². The van der Waals surface area contributed by atoms with Crippen LogP contribution in [0.15, 0.2) is 12.1 Å². The first-order valence-electron chi connectivity index (χ1n) is 4.51. The molecule has 0 aliphatic carbocycles. The Labute approximate surface area is 89.2 Å². The molecule has 0 amide bonds. The first kappa shape index (κ1) is 11.7. The fourth-order valence-corrected chi connectivity index (χ4v) is 2.88. The van der Waals surface area contributed by atoms with Gasteiger partial charge in [-0.15, -0.1) is 11.3 Å². The zero-order valence-electron chi connectivity index (χ0n) is 8.57. The van der Waals surface area contributed by atoms with Crippen molar-refractivity contribution in [2.45, 2.75) is 26.8 Å². The molecule has 0 aliphatic rings. The minimum Gasteiger partial charge on any atom is -0.212 e. The predicted octanol–water partition coefficient (Wildman–Crippen LogP) is 2.06. The molecule has 80 valence electrons. The van der Waals surface area contributed by atoms with Crippen molar-refractivity contribution in [1.82, 2.24) is 4.72 Å². The monoisotopic (exact) mass is 233 g/mol. The lowest BCUT2D eigenvalue weighted by Crippen LogP contribution is -2.27. The standard InChI is InChI=1S/C9H15NO2S2/c1-4-14(11,12)10-8(3)9-6-5-7(2)13-9/h5-6,8,10H,4H2,1-3H3. The zero-order chi connectivity index (χ0) is 10.8. The van der Waals surface area contributed by atoms with E-state index in [-0.39, 0.29) is 11.8 Å². The molecular formula is C9H15NO2S2. The van der Waals surface area contributed by atoms with Crippen molar-refractivity contribution < 1.29 is 8.42 Å². The first-order chi connectivity index (χ1) is 6.44. The van der Waals surface area contributed by atoms with E-state index in [1.165, 1.54) is 4.88 Å². The van der Waals surface area contributed by atoms with Gasteiger partial charge >= 0.3 is 0 Å². The van der Waals surface area contributed by atoms with Gasteiger partial charge in [-0.05, 0) is 32.9 Å². The van der Waals surface area contributed by atoms with Crippen LogP contribution in [0, 0.1) is 6.92 Å². The van der Waals surface area contributed by atoms with E-state index < -0.39 is 10.0 Å². The van der Waals surface area contributed by atoms with Crippen LogP contribution >= 0.6 is 11.3 Å². The second-order valence-electron chi connectivity index (χ2n) is 3.19. The van der Waals surface area contributed by atoms with Crippen LogP contribution in [0.25, 0.3) is 0 Å². The number of sulfonamides is 1. The van der Waals surface area contributed by atoms with Crippen LogP contribution in [0.3, 0.4) is 0 Å². The maximum absolute atomic E-state index is 11.3. The smallest absolute Gasteiger partial charge is 0.211 e. The molecule has 5 heteroatoms. The summed E-state index contributed by atoms with van der Waals surface area (Å²) in [6.45, 7) is 5.50. The molecule has 0 saturated heterocycles. The van der Waals surface area contributed by atoms with Crippen molar-refractivity contribution in [1.29, 1.82) is 0 Å². The Hall–Kier alpha value is -0.390. The summed E-state index contributed by atoms with van der Waals surface area (Å²) in [7, 11) is -3.10. The van der Waals surface area contributed by atoms with Crippen LogP contribution in [0.1, 0.15) is 29.6 Å². The minimum absolute atomic E-state index is 0.126. The molecule has 1 aromatic rings. The molecule has 0 spiro atoms. The Morgan fingerprint density at radius 3 is 2.57 bits per heavy atom. The molecule has 0 saturated carbocycles. The van der Waals surface area contributed by atoms with Crippen molar-refractivity contribution in [2.75, 3.05) is 5.75 Å². The maximum atomic E-state index is 11.3. The molecule has 0 fully saturated rings. The lowest BCUT2D eigenvalue weighted by atomic mass is 10.3. The fourth-order valence-electron chi connectivity index (χ4n) is 1.10. The molecule has 3 nitrogen and oxygen atoms in total. The SMILES string of the molecule is CCS(=O)(=O)NC(C)c1ccc(C)s1. The van der Waals surface area contributed by atoms with E-state index in [9.17, 15) is 8.42 Å². The van der Waals surface area contributed by atoms with E-state index in [0.29, 0.717) is 0 Å². The van der Waals surface area contributed by atoms with E-state index in [1.807, 2.05) is 26.0 Å².